The fraction of sp³-hybridized carbons (Fsp3) is 0.190. The fourth-order valence-electron chi connectivity index (χ4n) is 3.77. The van der Waals surface area contributed by atoms with Gasteiger partial charge in [-0.05, 0) is 55.0 Å². The summed E-state index contributed by atoms with van der Waals surface area (Å²) in [5.74, 6) is 1.50. The molecule has 1 atom stereocenters. The van der Waals surface area contributed by atoms with Crippen molar-refractivity contribution >= 4 is 33.0 Å². The number of pyridine rings is 1. The molecule has 0 radical (unpaired) electrons. The zero-order valence-corrected chi connectivity index (χ0v) is 16.5. The van der Waals surface area contributed by atoms with Crippen molar-refractivity contribution in [2.24, 2.45) is 0 Å². The monoisotopic (exact) mass is 436 g/mol. The van der Waals surface area contributed by atoms with Gasteiger partial charge in [-0.25, -0.2) is 9.97 Å². The summed E-state index contributed by atoms with van der Waals surface area (Å²) in [5.41, 5.74) is 2.34. The SMILES string of the molecule is O=C(c1ccc(Br)cc1)N1CC[C@H](n2c(-c3ccco3)nc3cccnc32)C1. The van der Waals surface area contributed by atoms with E-state index in [0.717, 1.165) is 27.9 Å². The van der Waals surface area contributed by atoms with Crippen molar-refractivity contribution in [3.8, 4) is 11.6 Å². The normalized spacial score (nSPS) is 16.8. The molecule has 0 aliphatic carbocycles. The number of imidazole rings is 1. The van der Waals surface area contributed by atoms with Crippen molar-refractivity contribution in [1.29, 1.82) is 0 Å². The van der Waals surface area contributed by atoms with Gasteiger partial charge in [0.05, 0.1) is 12.3 Å². The smallest absolute Gasteiger partial charge is 0.253 e. The zero-order chi connectivity index (χ0) is 19.1. The number of carbonyl (C=O) groups is 1. The molecule has 4 heterocycles. The molecule has 1 aliphatic rings. The second-order valence-corrected chi connectivity index (χ2v) is 7.75. The Morgan fingerprint density at radius 1 is 1.14 bits per heavy atom. The predicted octanol–water partition coefficient (Wildman–Crippen LogP) is 4.54. The molecule has 1 fully saturated rings. The first-order chi connectivity index (χ1) is 13.7. The van der Waals surface area contributed by atoms with Crippen LogP contribution in [-0.4, -0.2) is 38.4 Å². The maximum absolute atomic E-state index is 12.9. The van der Waals surface area contributed by atoms with Crippen LogP contribution in [0.1, 0.15) is 22.8 Å². The highest BCUT2D eigenvalue weighted by Gasteiger charge is 2.31. The highest BCUT2D eigenvalue weighted by atomic mass is 79.9. The third-order valence-electron chi connectivity index (χ3n) is 5.10. The van der Waals surface area contributed by atoms with Crippen LogP contribution in [0.15, 0.2) is 69.9 Å². The molecular weight excluding hydrogens is 420 g/mol. The van der Waals surface area contributed by atoms with Crippen LogP contribution < -0.4 is 0 Å². The maximum Gasteiger partial charge on any atom is 0.253 e. The summed E-state index contributed by atoms with van der Waals surface area (Å²) in [4.78, 5) is 24.1. The van der Waals surface area contributed by atoms with Crippen LogP contribution in [0, 0.1) is 0 Å². The number of furan rings is 1. The predicted molar refractivity (Wildman–Crippen MR) is 109 cm³/mol. The van der Waals surface area contributed by atoms with E-state index in [2.05, 4.69) is 25.5 Å². The number of benzene rings is 1. The molecule has 28 heavy (non-hydrogen) atoms. The Labute approximate surface area is 169 Å². The number of hydrogen-bond donors (Lipinski definition) is 0. The molecule has 0 spiro atoms. The van der Waals surface area contributed by atoms with Crippen LogP contribution in [0.5, 0.6) is 0 Å². The molecule has 6 nitrogen and oxygen atoms in total. The molecule has 4 aromatic rings. The van der Waals surface area contributed by atoms with Gasteiger partial charge in [0.1, 0.15) is 5.52 Å². The minimum Gasteiger partial charge on any atom is -0.461 e. The second kappa shape index (κ2) is 6.91. The summed E-state index contributed by atoms with van der Waals surface area (Å²) >= 11 is 3.41. The molecule has 5 rings (SSSR count). The lowest BCUT2D eigenvalue weighted by atomic mass is 10.2. The number of fused-ring (bicyclic) bond motifs is 1. The molecule has 1 saturated heterocycles. The average Bonchev–Trinajstić information content (AvgIpc) is 3.46. The van der Waals surface area contributed by atoms with Gasteiger partial charge >= 0.3 is 0 Å². The summed E-state index contributed by atoms with van der Waals surface area (Å²) in [6.07, 6.45) is 4.26. The van der Waals surface area contributed by atoms with Crippen LogP contribution in [0.4, 0.5) is 0 Å². The van der Waals surface area contributed by atoms with Gasteiger partial charge in [-0.2, -0.15) is 0 Å². The van der Waals surface area contributed by atoms with E-state index in [0.29, 0.717) is 24.4 Å². The third-order valence-corrected chi connectivity index (χ3v) is 5.63. The van der Waals surface area contributed by atoms with Gasteiger partial charge in [0.25, 0.3) is 5.91 Å². The highest BCUT2D eigenvalue weighted by Crippen LogP contribution is 2.32. The van der Waals surface area contributed by atoms with Crippen LogP contribution in [0.25, 0.3) is 22.7 Å². The van der Waals surface area contributed by atoms with Gasteiger partial charge in [-0.15, -0.1) is 0 Å². The Morgan fingerprint density at radius 2 is 2.00 bits per heavy atom. The Morgan fingerprint density at radius 3 is 2.79 bits per heavy atom. The largest absolute Gasteiger partial charge is 0.461 e. The summed E-state index contributed by atoms with van der Waals surface area (Å²) < 4.78 is 8.68. The molecule has 1 aliphatic heterocycles. The summed E-state index contributed by atoms with van der Waals surface area (Å²) in [7, 11) is 0. The van der Waals surface area contributed by atoms with Crippen molar-refractivity contribution in [3.63, 3.8) is 0 Å². The van der Waals surface area contributed by atoms with Gasteiger partial charge in [-0.3, -0.25) is 4.79 Å². The molecule has 7 heteroatoms. The molecule has 0 N–H and O–H groups in total. The van der Waals surface area contributed by atoms with E-state index in [-0.39, 0.29) is 11.9 Å². The van der Waals surface area contributed by atoms with Crippen LogP contribution in [0.3, 0.4) is 0 Å². The molecule has 140 valence electrons. The standard InChI is InChI=1S/C21H17BrN4O2/c22-15-7-5-14(6-8-15)21(27)25-11-9-16(13-25)26-19-17(3-1-10-23-19)24-20(26)18-4-2-12-28-18/h1-8,10,12,16H,9,11,13H2/t16-/m0/s1. The zero-order valence-electron chi connectivity index (χ0n) is 15.0. The summed E-state index contributed by atoms with van der Waals surface area (Å²) in [6.45, 7) is 1.31. The van der Waals surface area contributed by atoms with Crippen LogP contribution in [0.2, 0.25) is 0 Å². The molecule has 1 aromatic carbocycles. The fourth-order valence-corrected chi connectivity index (χ4v) is 4.03. The first-order valence-corrected chi connectivity index (χ1v) is 9.91. The topological polar surface area (TPSA) is 64.2 Å². The van der Waals surface area contributed by atoms with Gasteiger partial charge in [0, 0.05) is 29.3 Å². The number of nitrogens with zero attached hydrogens (tertiary/aromatic N) is 4. The van der Waals surface area contributed by atoms with Crippen molar-refractivity contribution in [1.82, 2.24) is 19.4 Å². The number of likely N-dealkylation sites (tertiary alicyclic amines) is 1. The van der Waals surface area contributed by atoms with Crippen LogP contribution >= 0.6 is 15.9 Å². The molecule has 0 unspecified atom stereocenters. The molecule has 0 saturated carbocycles. The van der Waals surface area contributed by atoms with Gasteiger partial charge < -0.3 is 13.9 Å². The second-order valence-electron chi connectivity index (χ2n) is 6.83. The number of rotatable bonds is 3. The minimum atomic E-state index is 0.0481. The van der Waals surface area contributed by atoms with Gasteiger partial charge in [0.15, 0.2) is 17.2 Å². The molecular formula is C21H17BrN4O2. The van der Waals surface area contributed by atoms with E-state index in [1.807, 2.05) is 53.4 Å². The Balaban J connectivity index is 1.49. The molecule has 1 amide bonds. The van der Waals surface area contributed by atoms with E-state index in [1.165, 1.54) is 0 Å². The average molecular weight is 437 g/mol. The lowest BCUT2D eigenvalue weighted by molar-refractivity contribution is 0.0788. The third kappa shape index (κ3) is 2.92. The Bertz CT molecular complexity index is 1140. The van der Waals surface area contributed by atoms with Gasteiger partial charge in [0.2, 0.25) is 0 Å². The number of amides is 1. The lowest BCUT2D eigenvalue weighted by Gasteiger charge is -2.18. The minimum absolute atomic E-state index is 0.0481. The number of hydrogen-bond acceptors (Lipinski definition) is 4. The van der Waals surface area contributed by atoms with Crippen molar-refractivity contribution in [2.75, 3.05) is 13.1 Å². The maximum atomic E-state index is 12.9. The van der Waals surface area contributed by atoms with Crippen LogP contribution in [-0.2, 0) is 0 Å². The van der Waals surface area contributed by atoms with Crippen molar-refractivity contribution in [2.45, 2.75) is 12.5 Å². The molecule has 0 bridgehead atoms. The number of carbonyl (C=O) groups excluding carboxylic acids is 1. The Hall–Kier alpha value is -2.93. The first-order valence-electron chi connectivity index (χ1n) is 9.12. The quantitative estimate of drug-likeness (QED) is 0.472. The summed E-state index contributed by atoms with van der Waals surface area (Å²) in [5, 5.41) is 0. The summed E-state index contributed by atoms with van der Waals surface area (Å²) in [6, 6.07) is 15.2. The first kappa shape index (κ1) is 17.2. The van der Waals surface area contributed by atoms with E-state index in [9.17, 15) is 4.79 Å². The number of aromatic nitrogens is 3. The Kier molecular flexibility index (Phi) is 4.24. The highest BCUT2D eigenvalue weighted by molar-refractivity contribution is 9.10. The number of halogens is 1. The van der Waals surface area contributed by atoms with E-state index < -0.39 is 0 Å². The van der Waals surface area contributed by atoms with Gasteiger partial charge in [-0.1, -0.05) is 15.9 Å². The molecule has 3 aromatic heterocycles. The van der Waals surface area contributed by atoms with E-state index in [1.54, 1.807) is 12.5 Å². The van der Waals surface area contributed by atoms with E-state index in [4.69, 9.17) is 9.40 Å². The lowest BCUT2D eigenvalue weighted by Crippen LogP contribution is -2.29. The van der Waals surface area contributed by atoms with Crippen molar-refractivity contribution < 1.29 is 9.21 Å². The van der Waals surface area contributed by atoms with E-state index >= 15 is 0 Å². The van der Waals surface area contributed by atoms with Crippen molar-refractivity contribution in [3.05, 3.63) is 71.0 Å².